The molecule has 1 aromatic carbocycles. The minimum absolute atomic E-state index is 0.00542. The van der Waals surface area contributed by atoms with Gasteiger partial charge in [-0.15, -0.1) is 0 Å². The van der Waals surface area contributed by atoms with Gasteiger partial charge in [-0.25, -0.2) is 0 Å². The van der Waals surface area contributed by atoms with Gasteiger partial charge in [-0.3, -0.25) is 4.79 Å². The topological polar surface area (TPSA) is 75.4 Å². The largest absolute Gasteiger partial charge is 0.505 e. The Hall–Kier alpha value is -1.71. The third kappa shape index (κ3) is 0.907. The van der Waals surface area contributed by atoms with Gasteiger partial charge in [0.2, 0.25) is 5.91 Å². The summed E-state index contributed by atoms with van der Waals surface area (Å²) in [5.41, 5.74) is 6.39. The number of anilines is 2. The Bertz CT molecular complexity index is 424. The fourth-order valence-corrected chi connectivity index (χ4v) is 1.74. The first-order chi connectivity index (χ1) is 6.44. The Morgan fingerprint density at radius 2 is 2.07 bits per heavy atom. The molecule has 74 valence electrons. The van der Waals surface area contributed by atoms with Crippen molar-refractivity contribution in [3.05, 3.63) is 17.7 Å². The van der Waals surface area contributed by atoms with Crippen molar-refractivity contribution in [2.24, 2.45) is 0 Å². The van der Waals surface area contributed by atoms with Gasteiger partial charge in [0.15, 0.2) is 0 Å². The Kier molecular flexibility index (Phi) is 1.52. The minimum Gasteiger partial charge on any atom is -0.505 e. The highest BCUT2D eigenvalue weighted by Crippen LogP contribution is 2.45. The molecule has 14 heavy (non-hydrogen) atoms. The number of benzene rings is 1. The van der Waals surface area contributed by atoms with E-state index in [1.54, 1.807) is 26.0 Å². The molecule has 0 unspecified atom stereocenters. The molecule has 0 spiro atoms. The van der Waals surface area contributed by atoms with Crippen LogP contribution in [0, 0.1) is 0 Å². The maximum atomic E-state index is 11.6. The Labute approximate surface area is 81.7 Å². The third-order valence-electron chi connectivity index (χ3n) is 2.65. The van der Waals surface area contributed by atoms with Crippen molar-refractivity contribution < 1.29 is 9.90 Å². The number of nitrogens with one attached hydrogen (secondary N) is 1. The molecule has 0 saturated heterocycles. The number of carbonyl (C=O) groups excluding carboxylic acids is 1. The monoisotopic (exact) mass is 192 g/mol. The van der Waals surface area contributed by atoms with Crippen molar-refractivity contribution in [1.29, 1.82) is 0 Å². The predicted octanol–water partition coefficient (Wildman–Crippen LogP) is 1.20. The SMILES string of the molecule is CC1(C)C(=O)Nc2ccc(N)c(O)c21. The highest BCUT2D eigenvalue weighted by Gasteiger charge is 2.41. The first-order valence-corrected chi connectivity index (χ1v) is 4.38. The van der Waals surface area contributed by atoms with Gasteiger partial charge in [0, 0.05) is 11.3 Å². The summed E-state index contributed by atoms with van der Waals surface area (Å²) in [6, 6.07) is 3.28. The molecule has 1 aliphatic heterocycles. The fourth-order valence-electron chi connectivity index (χ4n) is 1.74. The number of nitrogen functional groups attached to an aromatic ring is 1. The number of phenolic OH excluding ortho intramolecular Hbond substituents is 1. The molecule has 4 N–H and O–H groups in total. The van der Waals surface area contributed by atoms with Crippen LogP contribution < -0.4 is 11.1 Å². The quantitative estimate of drug-likeness (QED) is 0.427. The molecule has 1 aliphatic rings. The van der Waals surface area contributed by atoms with E-state index < -0.39 is 5.41 Å². The van der Waals surface area contributed by atoms with Crippen LogP contribution in [0.2, 0.25) is 0 Å². The summed E-state index contributed by atoms with van der Waals surface area (Å²) in [4.78, 5) is 11.6. The molecule has 0 aromatic heterocycles. The number of phenols is 1. The second kappa shape index (κ2) is 2.41. The van der Waals surface area contributed by atoms with Crippen molar-refractivity contribution in [3.8, 4) is 5.75 Å². The van der Waals surface area contributed by atoms with Gasteiger partial charge in [0.25, 0.3) is 0 Å². The standard InChI is InChI=1S/C10H12N2O2/c1-10(2)7-6(12-9(10)14)4-3-5(11)8(7)13/h3-4,13H,11H2,1-2H3,(H,12,14). The van der Waals surface area contributed by atoms with Gasteiger partial charge in [0.05, 0.1) is 11.1 Å². The van der Waals surface area contributed by atoms with Crippen molar-refractivity contribution in [1.82, 2.24) is 0 Å². The molecule has 1 aromatic rings. The van der Waals surface area contributed by atoms with Crippen LogP contribution in [-0.4, -0.2) is 11.0 Å². The first-order valence-electron chi connectivity index (χ1n) is 4.38. The van der Waals surface area contributed by atoms with Crippen molar-refractivity contribution >= 4 is 17.3 Å². The average Bonchev–Trinajstić information content (AvgIpc) is 2.32. The molecule has 1 amide bonds. The van der Waals surface area contributed by atoms with Crippen LogP contribution in [0.1, 0.15) is 19.4 Å². The zero-order valence-electron chi connectivity index (χ0n) is 8.09. The molecular weight excluding hydrogens is 180 g/mol. The van der Waals surface area contributed by atoms with E-state index in [-0.39, 0.29) is 11.7 Å². The first kappa shape index (κ1) is 8.87. The van der Waals surface area contributed by atoms with Gasteiger partial charge >= 0.3 is 0 Å². The molecule has 4 heteroatoms. The molecule has 0 atom stereocenters. The third-order valence-corrected chi connectivity index (χ3v) is 2.65. The summed E-state index contributed by atoms with van der Waals surface area (Å²) in [7, 11) is 0. The molecule has 0 radical (unpaired) electrons. The summed E-state index contributed by atoms with van der Waals surface area (Å²) in [5, 5.41) is 12.5. The van der Waals surface area contributed by atoms with E-state index in [0.717, 1.165) is 0 Å². The molecule has 0 saturated carbocycles. The van der Waals surface area contributed by atoms with Gasteiger partial charge in [-0.2, -0.15) is 0 Å². The normalized spacial score (nSPS) is 17.7. The lowest BCUT2D eigenvalue weighted by molar-refractivity contribution is -0.119. The summed E-state index contributed by atoms with van der Waals surface area (Å²) < 4.78 is 0. The Morgan fingerprint density at radius 3 is 2.71 bits per heavy atom. The fraction of sp³-hybridized carbons (Fsp3) is 0.300. The predicted molar refractivity (Wildman–Crippen MR) is 54.2 cm³/mol. The van der Waals surface area contributed by atoms with Crippen molar-refractivity contribution in [2.75, 3.05) is 11.1 Å². The summed E-state index contributed by atoms with van der Waals surface area (Å²) >= 11 is 0. The number of carbonyl (C=O) groups is 1. The van der Waals surface area contributed by atoms with Crippen LogP contribution in [-0.2, 0) is 10.2 Å². The highest BCUT2D eigenvalue weighted by atomic mass is 16.3. The van der Waals surface area contributed by atoms with Crippen LogP contribution in [0.5, 0.6) is 5.75 Å². The van der Waals surface area contributed by atoms with Crippen LogP contribution in [0.15, 0.2) is 12.1 Å². The lowest BCUT2D eigenvalue weighted by atomic mass is 9.85. The number of amides is 1. The van der Waals surface area contributed by atoms with E-state index in [9.17, 15) is 9.90 Å². The molecule has 0 bridgehead atoms. The van der Waals surface area contributed by atoms with Gasteiger partial charge in [-0.1, -0.05) is 0 Å². The van der Waals surface area contributed by atoms with E-state index in [2.05, 4.69) is 5.32 Å². The number of aromatic hydroxyl groups is 1. The smallest absolute Gasteiger partial charge is 0.234 e. The number of hydrogen-bond donors (Lipinski definition) is 3. The number of hydrogen-bond acceptors (Lipinski definition) is 3. The van der Waals surface area contributed by atoms with Gasteiger partial charge in [0.1, 0.15) is 5.75 Å². The molecular formula is C10H12N2O2. The van der Waals surface area contributed by atoms with Gasteiger partial charge < -0.3 is 16.2 Å². The van der Waals surface area contributed by atoms with E-state index in [1.165, 1.54) is 0 Å². The molecule has 1 heterocycles. The zero-order chi connectivity index (χ0) is 10.5. The van der Waals surface area contributed by atoms with Crippen molar-refractivity contribution in [2.45, 2.75) is 19.3 Å². The van der Waals surface area contributed by atoms with Gasteiger partial charge in [-0.05, 0) is 26.0 Å². The number of fused-ring (bicyclic) bond motifs is 1. The molecule has 4 nitrogen and oxygen atoms in total. The Balaban J connectivity index is 2.74. The van der Waals surface area contributed by atoms with E-state index in [4.69, 9.17) is 5.73 Å². The van der Waals surface area contributed by atoms with E-state index in [0.29, 0.717) is 16.9 Å². The highest BCUT2D eigenvalue weighted by molar-refractivity contribution is 6.07. The van der Waals surface area contributed by atoms with Crippen LogP contribution >= 0.6 is 0 Å². The molecule has 0 fully saturated rings. The number of rotatable bonds is 0. The lowest BCUT2D eigenvalue weighted by Crippen LogP contribution is -2.27. The maximum Gasteiger partial charge on any atom is 0.234 e. The summed E-state index contributed by atoms with van der Waals surface area (Å²) in [5.74, 6) is -0.112. The summed E-state index contributed by atoms with van der Waals surface area (Å²) in [6.45, 7) is 3.51. The second-order valence-corrected chi connectivity index (χ2v) is 4.01. The minimum atomic E-state index is -0.713. The van der Waals surface area contributed by atoms with Crippen LogP contribution in [0.25, 0.3) is 0 Å². The van der Waals surface area contributed by atoms with Crippen LogP contribution in [0.4, 0.5) is 11.4 Å². The number of nitrogens with two attached hydrogens (primary N) is 1. The van der Waals surface area contributed by atoms with E-state index >= 15 is 0 Å². The molecule has 0 aliphatic carbocycles. The Morgan fingerprint density at radius 1 is 1.43 bits per heavy atom. The lowest BCUT2D eigenvalue weighted by Gasteiger charge is -2.16. The maximum absolute atomic E-state index is 11.6. The van der Waals surface area contributed by atoms with Crippen molar-refractivity contribution in [3.63, 3.8) is 0 Å². The molecule has 2 rings (SSSR count). The second-order valence-electron chi connectivity index (χ2n) is 4.01. The zero-order valence-corrected chi connectivity index (χ0v) is 8.09. The average molecular weight is 192 g/mol. The van der Waals surface area contributed by atoms with E-state index in [1.807, 2.05) is 0 Å². The summed E-state index contributed by atoms with van der Waals surface area (Å²) in [6.07, 6.45) is 0. The van der Waals surface area contributed by atoms with Crippen LogP contribution in [0.3, 0.4) is 0 Å².